The fourth-order valence-electron chi connectivity index (χ4n) is 2.30. The van der Waals surface area contributed by atoms with Crippen LogP contribution in [0.3, 0.4) is 0 Å². The van der Waals surface area contributed by atoms with Crippen molar-refractivity contribution in [2.75, 3.05) is 5.73 Å². The summed E-state index contributed by atoms with van der Waals surface area (Å²) in [6.45, 7) is 6.64. The van der Waals surface area contributed by atoms with Gasteiger partial charge in [0.25, 0.3) is 0 Å². The molecule has 1 aromatic heterocycles. The summed E-state index contributed by atoms with van der Waals surface area (Å²) in [5.74, 6) is 0.886. The van der Waals surface area contributed by atoms with Gasteiger partial charge in [0.1, 0.15) is 5.82 Å². The number of nitrogens with two attached hydrogens (primary N) is 1. The molecular formula is C17H19N3. The molecule has 1 heterocycles. The van der Waals surface area contributed by atoms with Crippen LogP contribution in [0.25, 0.3) is 22.4 Å². The summed E-state index contributed by atoms with van der Waals surface area (Å²) in [7, 11) is 0. The van der Waals surface area contributed by atoms with Gasteiger partial charge in [0.15, 0.2) is 0 Å². The predicted molar refractivity (Wildman–Crippen MR) is 84.6 cm³/mol. The lowest BCUT2D eigenvalue weighted by atomic mass is 9.86. The molecule has 0 fully saturated rings. The molecule has 0 radical (unpaired) electrons. The molecule has 0 atom stereocenters. The van der Waals surface area contributed by atoms with Crippen LogP contribution >= 0.6 is 0 Å². The SMILES string of the molecule is CC(C)(C)c1cccc(-c2nc3ccc(N)cc3[nH]2)c1. The van der Waals surface area contributed by atoms with Crippen LogP contribution in [0.5, 0.6) is 0 Å². The number of imidazole rings is 1. The summed E-state index contributed by atoms with van der Waals surface area (Å²) in [5, 5.41) is 0. The second-order valence-corrected chi connectivity index (χ2v) is 6.19. The third-order valence-corrected chi connectivity index (χ3v) is 3.51. The second-order valence-electron chi connectivity index (χ2n) is 6.19. The first-order chi connectivity index (χ1) is 9.43. The Kier molecular flexibility index (Phi) is 2.78. The Balaban J connectivity index is 2.11. The molecule has 20 heavy (non-hydrogen) atoms. The third-order valence-electron chi connectivity index (χ3n) is 3.51. The van der Waals surface area contributed by atoms with E-state index in [2.05, 4.69) is 55.0 Å². The van der Waals surface area contributed by atoms with Crippen molar-refractivity contribution < 1.29 is 0 Å². The maximum atomic E-state index is 5.81. The first-order valence-electron chi connectivity index (χ1n) is 6.80. The predicted octanol–water partition coefficient (Wildman–Crippen LogP) is 4.11. The molecular weight excluding hydrogens is 246 g/mol. The lowest BCUT2D eigenvalue weighted by Gasteiger charge is -2.19. The zero-order valence-corrected chi connectivity index (χ0v) is 12.1. The van der Waals surface area contributed by atoms with Crippen molar-refractivity contribution in [3.63, 3.8) is 0 Å². The number of aromatic amines is 1. The van der Waals surface area contributed by atoms with Gasteiger partial charge < -0.3 is 10.7 Å². The lowest BCUT2D eigenvalue weighted by Crippen LogP contribution is -2.10. The van der Waals surface area contributed by atoms with E-state index in [9.17, 15) is 0 Å². The minimum Gasteiger partial charge on any atom is -0.399 e. The molecule has 0 unspecified atom stereocenters. The van der Waals surface area contributed by atoms with Crippen molar-refractivity contribution in [3.8, 4) is 11.4 Å². The van der Waals surface area contributed by atoms with Crippen LogP contribution in [-0.2, 0) is 5.41 Å². The first-order valence-corrected chi connectivity index (χ1v) is 6.80. The number of fused-ring (bicyclic) bond motifs is 1. The molecule has 0 aliphatic heterocycles. The highest BCUT2D eigenvalue weighted by Crippen LogP contribution is 2.27. The topological polar surface area (TPSA) is 54.7 Å². The van der Waals surface area contributed by atoms with Gasteiger partial charge >= 0.3 is 0 Å². The van der Waals surface area contributed by atoms with Crippen LogP contribution in [0.2, 0.25) is 0 Å². The number of benzene rings is 2. The van der Waals surface area contributed by atoms with Crippen LogP contribution < -0.4 is 5.73 Å². The smallest absolute Gasteiger partial charge is 0.138 e. The van der Waals surface area contributed by atoms with E-state index < -0.39 is 0 Å². The van der Waals surface area contributed by atoms with Crippen LogP contribution in [0.15, 0.2) is 42.5 Å². The number of nitrogen functional groups attached to an aromatic ring is 1. The second kappa shape index (κ2) is 4.37. The molecule has 0 spiro atoms. The van der Waals surface area contributed by atoms with Crippen LogP contribution in [0, 0.1) is 0 Å². The summed E-state index contributed by atoms with van der Waals surface area (Å²) >= 11 is 0. The van der Waals surface area contributed by atoms with Crippen LogP contribution in [0.1, 0.15) is 26.3 Å². The largest absolute Gasteiger partial charge is 0.399 e. The number of hydrogen-bond acceptors (Lipinski definition) is 2. The van der Waals surface area contributed by atoms with Gasteiger partial charge in [-0.05, 0) is 35.2 Å². The molecule has 0 aliphatic rings. The Morgan fingerprint density at radius 3 is 2.60 bits per heavy atom. The van der Waals surface area contributed by atoms with Gasteiger partial charge in [-0.3, -0.25) is 0 Å². The van der Waals surface area contributed by atoms with Crippen molar-refractivity contribution in [1.29, 1.82) is 0 Å². The van der Waals surface area contributed by atoms with Gasteiger partial charge in [0.2, 0.25) is 0 Å². The van der Waals surface area contributed by atoms with Crippen LogP contribution in [-0.4, -0.2) is 9.97 Å². The van der Waals surface area contributed by atoms with Crippen molar-refractivity contribution in [2.24, 2.45) is 0 Å². The number of H-pyrrole nitrogens is 1. The zero-order chi connectivity index (χ0) is 14.3. The number of nitrogens with zero attached hydrogens (tertiary/aromatic N) is 1. The molecule has 3 N–H and O–H groups in total. The molecule has 0 saturated heterocycles. The number of hydrogen-bond donors (Lipinski definition) is 2. The zero-order valence-electron chi connectivity index (χ0n) is 12.1. The van der Waals surface area contributed by atoms with E-state index in [1.165, 1.54) is 5.56 Å². The van der Waals surface area contributed by atoms with Crippen LogP contribution in [0.4, 0.5) is 5.69 Å². The van der Waals surface area contributed by atoms with Gasteiger partial charge in [-0.25, -0.2) is 4.98 Å². The maximum Gasteiger partial charge on any atom is 0.138 e. The molecule has 3 rings (SSSR count). The number of anilines is 1. The molecule has 0 aliphatic carbocycles. The van der Waals surface area contributed by atoms with E-state index in [-0.39, 0.29) is 5.41 Å². The normalized spacial score (nSPS) is 11.9. The first kappa shape index (κ1) is 12.7. The number of aromatic nitrogens is 2. The highest BCUT2D eigenvalue weighted by molar-refractivity contribution is 5.82. The lowest BCUT2D eigenvalue weighted by molar-refractivity contribution is 0.590. The van der Waals surface area contributed by atoms with E-state index in [4.69, 9.17) is 5.73 Å². The summed E-state index contributed by atoms with van der Waals surface area (Å²) in [6, 6.07) is 14.2. The average molecular weight is 265 g/mol. The van der Waals surface area contributed by atoms with E-state index in [1.54, 1.807) is 0 Å². The Morgan fingerprint density at radius 1 is 1.05 bits per heavy atom. The van der Waals surface area contributed by atoms with E-state index in [1.807, 2.05) is 18.2 Å². The van der Waals surface area contributed by atoms with Crippen molar-refractivity contribution >= 4 is 16.7 Å². The minimum absolute atomic E-state index is 0.131. The minimum atomic E-state index is 0.131. The van der Waals surface area contributed by atoms with E-state index >= 15 is 0 Å². The Morgan fingerprint density at radius 2 is 1.85 bits per heavy atom. The molecule has 0 bridgehead atoms. The molecule has 3 aromatic rings. The monoisotopic (exact) mass is 265 g/mol. The van der Waals surface area contributed by atoms with Gasteiger partial charge in [0, 0.05) is 11.3 Å². The molecule has 3 nitrogen and oxygen atoms in total. The summed E-state index contributed by atoms with van der Waals surface area (Å²) < 4.78 is 0. The number of rotatable bonds is 1. The Hall–Kier alpha value is -2.29. The molecule has 102 valence electrons. The van der Waals surface area contributed by atoms with Gasteiger partial charge in [-0.2, -0.15) is 0 Å². The van der Waals surface area contributed by atoms with E-state index in [0.717, 1.165) is 28.1 Å². The van der Waals surface area contributed by atoms with Crippen molar-refractivity contribution in [3.05, 3.63) is 48.0 Å². The average Bonchev–Trinajstić information content (AvgIpc) is 2.81. The summed E-state index contributed by atoms with van der Waals surface area (Å²) in [5.41, 5.74) is 11.0. The molecule has 0 amide bonds. The van der Waals surface area contributed by atoms with Gasteiger partial charge in [-0.1, -0.05) is 39.0 Å². The molecule has 0 saturated carbocycles. The molecule has 2 aromatic carbocycles. The fourth-order valence-corrected chi connectivity index (χ4v) is 2.30. The van der Waals surface area contributed by atoms with Crippen molar-refractivity contribution in [1.82, 2.24) is 9.97 Å². The third kappa shape index (κ3) is 2.27. The number of nitrogens with one attached hydrogen (secondary N) is 1. The summed E-state index contributed by atoms with van der Waals surface area (Å²) in [4.78, 5) is 7.98. The Labute approximate surface area is 118 Å². The van der Waals surface area contributed by atoms with Gasteiger partial charge in [0.05, 0.1) is 11.0 Å². The summed E-state index contributed by atoms with van der Waals surface area (Å²) in [6.07, 6.45) is 0. The van der Waals surface area contributed by atoms with E-state index in [0.29, 0.717) is 0 Å². The Bertz CT molecular complexity index is 763. The molecule has 3 heteroatoms. The maximum absolute atomic E-state index is 5.81. The standard InChI is InChI=1S/C17H19N3/c1-17(2,3)12-6-4-5-11(9-12)16-19-14-8-7-13(18)10-15(14)20-16/h4-10H,18H2,1-3H3,(H,19,20). The highest BCUT2D eigenvalue weighted by atomic mass is 14.9. The quantitative estimate of drug-likeness (QED) is 0.650. The highest BCUT2D eigenvalue weighted by Gasteiger charge is 2.15. The van der Waals surface area contributed by atoms with Crippen molar-refractivity contribution in [2.45, 2.75) is 26.2 Å². The fraction of sp³-hybridized carbons (Fsp3) is 0.235. The van der Waals surface area contributed by atoms with Gasteiger partial charge in [-0.15, -0.1) is 0 Å².